The summed E-state index contributed by atoms with van der Waals surface area (Å²) in [7, 11) is 1.36. The van der Waals surface area contributed by atoms with Crippen molar-refractivity contribution in [3.63, 3.8) is 0 Å². The molecule has 1 heterocycles. The lowest BCUT2D eigenvalue weighted by atomic mass is 10.1. The van der Waals surface area contributed by atoms with E-state index in [9.17, 15) is 4.79 Å². The molecule has 0 fully saturated rings. The van der Waals surface area contributed by atoms with Gasteiger partial charge in [-0.05, 0) is 6.42 Å². The standard InChI is InChI=1S/C11H16ClN3O2/c1-3-4-5-8(11(16)17-2)15-10-9(12)13-6-7-14-10/h6-8H,3-5H2,1-2H3,(H,14,15). The number of anilines is 1. The quantitative estimate of drug-likeness (QED) is 0.792. The Morgan fingerprint density at radius 2 is 2.24 bits per heavy atom. The Morgan fingerprint density at radius 3 is 2.82 bits per heavy atom. The Labute approximate surface area is 106 Å². The number of carbonyl (C=O) groups is 1. The Hall–Kier alpha value is -1.36. The van der Waals surface area contributed by atoms with E-state index in [-0.39, 0.29) is 11.1 Å². The van der Waals surface area contributed by atoms with Gasteiger partial charge in [-0.3, -0.25) is 0 Å². The van der Waals surface area contributed by atoms with Gasteiger partial charge in [0.25, 0.3) is 0 Å². The Kier molecular flexibility index (Phi) is 5.69. The number of aromatic nitrogens is 2. The van der Waals surface area contributed by atoms with Crippen molar-refractivity contribution in [1.82, 2.24) is 9.97 Å². The van der Waals surface area contributed by atoms with Crippen LogP contribution in [0.4, 0.5) is 5.82 Å². The fourth-order valence-electron chi connectivity index (χ4n) is 1.38. The molecule has 0 bridgehead atoms. The third-order valence-electron chi connectivity index (χ3n) is 2.30. The van der Waals surface area contributed by atoms with E-state index in [0.29, 0.717) is 12.2 Å². The van der Waals surface area contributed by atoms with Crippen LogP contribution in [-0.2, 0) is 9.53 Å². The summed E-state index contributed by atoms with van der Waals surface area (Å²) < 4.78 is 4.73. The molecule has 0 saturated carbocycles. The fourth-order valence-corrected chi connectivity index (χ4v) is 1.54. The van der Waals surface area contributed by atoms with Crippen molar-refractivity contribution in [2.24, 2.45) is 0 Å². The molecule has 1 aromatic heterocycles. The Bertz CT molecular complexity index is 373. The summed E-state index contributed by atoms with van der Waals surface area (Å²) in [4.78, 5) is 19.5. The normalized spacial score (nSPS) is 11.9. The number of ether oxygens (including phenoxy) is 1. The minimum Gasteiger partial charge on any atom is -0.467 e. The molecule has 94 valence electrons. The topological polar surface area (TPSA) is 64.1 Å². The second-order valence-corrected chi connectivity index (χ2v) is 3.92. The van der Waals surface area contributed by atoms with Crippen molar-refractivity contribution in [1.29, 1.82) is 0 Å². The molecule has 0 spiro atoms. The molecule has 1 aromatic rings. The summed E-state index contributed by atoms with van der Waals surface area (Å²) in [6, 6.07) is -0.436. The van der Waals surface area contributed by atoms with Crippen molar-refractivity contribution in [2.75, 3.05) is 12.4 Å². The van der Waals surface area contributed by atoms with Crippen LogP contribution in [-0.4, -0.2) is 29.1 Å². The third-order valence-corrected chi connectivity index (χ3v) is 2.57. The number of hydrogen-bond donors (Lipinski definition) is 1. The van der Waals surface area contributed by atoms with Crippen LogP contribution in [0.25, 0.3) is 0 Å². The average molecular weight is 258 g/mol. The number of esters is 1. The van der Waals surface area contributed by atoms with Crippen molar-refractivity contribution in [3.05, 3.63) is 17.5 Å². The van der Waals surface area contributed by atoms with Gasteiger partial charge < -0.3 is 10.1 Å². The fraction of sp³-hybridized carbons (Fsp3) is 0.545. The third kappa shape index (κ3) is 4.19. The molecule has 0 radical (unpaired) electrons. The monoisotopic (exact) mass is 257 g/mol. The van der Waals surface area contributed by atoms with E-state index in [0.717, 1.165) is 12.8 Å². The van der Waals surface area contributed by atoms with Crippen molar-refractivity contribution in [2.45, 2.75) is 32.2 Å². The van der Waals surface area contributed by atoms with E-state index in [4.69, 9.17) is 16.3 Å². The van der Waals surface area contributed by atoms with Crippen LogP contribution in [0.5, 0.6) is 0 Å². The van der Waals surface area contributed by atoms with Gasteiger partial charge in [-0.2, -0.15) is 0 Å². The summed E-state index contributed by atoms with van der Waals surface area (Å²) in [5, 5.41) is 3.20. The molecule has 5 nitrogen and oxygen atoms in total. The minimum atomic E-state index is -0.436. The Morgan fingerprint density at radius 1 is 1.53 bits per heavy atom. The first-order valence-corrected chi connectivity index (χ1v) is 5.87. The lowest BCUT2D eigenvalue weighted by Gasteiger charge is -2.16. The molecule has 0 aliphatic heterocycles. The van der Waals surface area contributed by atoms with Gasteiger partial charge >= 0.3 is 5.97 Å². The number of nitrogens with zero attached hydrogens (tertiary/aromatic N) is 2. The van der Waals surface area contributed by atoms with Gasteiger partial charge in [0.15, 0.2) is 11.0 Å². The summed E-state index contributed by atoms with van der Waals surface area (Å²) in [5.41, 5.74) is 0. The van der Waals surface area contributed by atoms with E-state index in [2.05, 4.69) is 22.2 Å². The maximum Gasteiger partial charge on any atom is 0.328 e. The van der Waals surface area contributed by atoms with Crippen molar-refractivity contribution in [3.8, 4) is 0 Å². The lowest BCUT2D eigenvalue weighted by Crippen LogP contribution is -2.31. The number of methoxy groups -OCH3 is 1. The molecule has 6 heteroatoms. The van der Waals surface area contributed by atoms with Gasteiger partial charge in [-0.25, -0.2) is 14.8 Å². The molecule has 1 rings (SSSR count). The highest BCUT2D eigenvalue weighted by Crippen LogP contribution is 2.17. The number of carbonyl (C=O) groups excluding carboxylic acids is 1. The van der Waals surface area contributed by atoms with Crippen LogP contribution in [0.2, 0.25) is 5.15 Å². The highest BCUT2D eigenvalue weighted by atomic mass is 35.5. The van der Waals surface area contributed by atoms with Crippen LogP contribution in [0.1, 0.15) is 26.2 Å². The molecule has 1 atom stereocenters. The maximum atomic E-state index is 11.6. The minimum absolute atomic E-state index is 0.248. The molecule has 0 amide bonds. The molecule has 0 saturated heterocycles. The van der Waals surface area contributed by atoms with Gasteiger partial charge in [-0.15, -0.1) is 0 Å². The summed E-state index contributed by atoms with van der Waals surface area (Å²) >= 11 is 5.86. The van der Waals surface area contributed by atoms with E-state index in [1.165, 1.54) is 19.5 Å². The molecule has 0 aromatic carbocycles. The second kappa shape index (κ2) is 7.06. The summed E-state index contributed by atoms with van der Waals surface area (Å²) in [6.45, 7) is 2.06. The van der Waals surface area contributed by atoms with Gasteiger partial charge in [0.1, 0.15) is 6.04 Å². The number of hydrogen-bond acceptors (Lipinski definition) is 5. The van der Waals surface area contributed by atoms with E-state index in [1.807, 2.05) is 0 Å². The van der Waals surface area contributed by atoms with Gasteiger partial charge in [-0.1, -0.05) is 31.4 Å². The molecule has 0 aliphatic carbocycles. The number of nitrogens with one attached hydrogen (secondary N) is 1. The van der Waals surface area contributed by atoms with Gasteiger partial charge in [0.05, 0.1) is 7.11 Å². The highest BCUT2D eigenvalue weighted by Gasteiger charge is 2.19. The average Bonchev–Trinajstić information content (AvgIpc) is 2.35. The molecule has 0 aliphatic rings. The van der Waals surface area contributed by atoms with E-state index in [1.54, 1.807) is 0 Å². The maximum absolute atomic E-state index is 11.6. The Balaban J connectivity index is 2.72. The van der Waals surface area contributed by atoms with Crippen LogP contribution < -0.4 is 5.32 Å². The first kappa shape index (κ1) is 13.7. The zero-order valence-corrected chi connectivity index (χ0v) is 10.7. The van der Waals surface area contributed by atoms with Crippen LogP contribution in [0.3, 0.4) is 0 Å². The van der Waals surface area contributed by atoms with Crippen LogP contribution in [0.15, 0.2) is 12.4 Å². The molecule has 1 unspecified atom stereocenters. The number of halogens is 1. The van der Waals surface area contributed by atoms with E-state index < -0.39 is 6.04 Å². The SMILES string of the molecule is CCCCC(Nc1nccnc1Cl)C(=O)OC. The molecular weight excluding hydrogens is 242 g/mol. The second-order valence-electron chi connectivity index (χ2n) is 3.56. The molecule has 17 heavy (non-hydrogen) atoms. The smallest absolute Gasteiger partial charge is 0.328 e. The van der Waals surface area contributed by atoms with Gasteiger partial charge in [0, 0.05) is 12.4 Å². The predicted molar refractivity (Wildman–Crippen MR) is 66.0 cm³/mol. The summed E-state index contributed by atoms with van der Waals surface area (Å²) in [6.07, 6.45) is 5.61. The predicted octanol–water partition coefficient (Wildman–Crippen LogP) is 2.27. The first-order valence-electron chi connectivity index (χ1n) is 5.50. The zero-order chi connectivity index (χ0) is 12.7. The largest absolute Gasteiger partial charge is 0.467 e. The zero-order valence-electron chi connectivity index (χ0n) is 9.94. The number of rotatable bonds is 6. The number of unbranched alkanes of at least 4 members (excludes halogenated alkanes) is 1. The van der Waals surface area contributed by atoms with E-state index >= 15 is 0 Å². The highest BCUT2D eigenvalue weighted by molar-refractivity contribution is 6.31. The molecule has 1 N–H and O–H groups in total. The lowest BCUT2D eigenvalue weighted by molar-refractivity contribution is -0.141. The van der Waals surface area contributed by atoms with Crippen LogP contribution >= 0.6 is 11.6 Å². The van der Waals surface area contributed by atoms with Crippen molar-refractivity contribution >= 4 is 23.4 Å². The van der Waals surface area contributed by atoms with Crippen molar-refractivity contribution < 1.29 is 9.53 Å². The first-order chi connectivity index (χ1) is 8.19. The summed E-state index contributed by atoms with van der Waals surface area (Å²) in [5.74, 6) is 0.0841. The van der Waals surface area contributed by atoms with Gasteiger partial charge in [0.2, 0.25) is 0 Å². The van der Waals surface area contributed by atoms with Crippen LogP contribution in [0, 0.1) is 0 Å². The molecular formula is C11H16ClN3O2.